The number of fused-ring (bicyclic) bond motifs is 1. The summed E-state index contributed by atoms with van der Waals surface area (Å²) in [5.41, 5.74) is 2.38. The number of aldehydes is 1. The third-order valence-electron chi connectivity index (χ3n) is 7.64. The molecule has 3 atom stereocenters. The number of ether oxygens (including phenoxy) is 3. The van der Waals surface area contributed by atoms with Crippen LogP contribution in [0, 0.1) is 11.3 Å². The molecule has 12 nitrogen and oxygen atoms in total. The van der Waals surface area contributed by atoms with Gasteiger partial charge in [0.05, 0.1) is 12.3 Å². The number of aromatic nitrogens is 2. The zero-order valence-electron chi connectivity index (χ0n) is 22.4. The highest BCUT2D eigenvalue weighted by Gasteiger charge is 2.34. The molecule has 0 aromatic carbocycles. The molecule has 1 saturated carbocycles. The quantitative estimate of drug-likeness (QED) is 0.387. The van der Waals surface area contributed by atoms with Crippen LogP contribution < -0.4 is 15.0 Å². The number of aryl methyl sites for hydroxylation is 1. The van der Waals surface area contributed by atoms with Crippen molar-refractivity contribution in [2.24, 2.45) is 0 Å². The molecule has 2 fully saturated rings. The minimum atomic E-state index is -0.465. The number of likely N-dealkylation sites (tertiary alicyclic amines) is 1. The Morgan fingerprint density at radius 1 is 1.20 bits per heavy atom. The third kappa shape index (κ3) is 5.27. The number of nitrogens with zero attached hydrogens (tertiary/aromatic N) is 5. The molecular formula is C28H30N6O6. The highest BCUT2D eigenvalue weighted by atomic mass is 16.5. The largest absolute Gasteiger partial charge is 0.486 e. The van der Waals surface area contributed by atoms with Crippen LogP contribution in [0.3, 0.4) is 0 Å². The van der Waals surface area contributed by atoms with Crippen LogP contribution in [0.25, 0.3) is 0 Å². The monoisotopic (exact) mass is 546 g/mol. The van der Waals surface area contributed by atoms with E-state index in [0.29, 0.717) is 68.0 Å². The standard InChI is InChI=1S/C28H30N6O6/c1-38-22-7-9-33(21(22)16-36)14-18-10-17-4-3-8-34(27(17)31-20(18)15-35)28(37)32-26-11-25(19(12-29)13-30-26)40-24-6-5-23(24)39-2/h10-11,13,15,22-24H,3-9,14H2,1-2H3,(H,30,32,37)/t22-,23-,24-/m0/s1. The SMILES string of the molecule is CO[C@H]1CCN(Cc2cc3c(nc2C=O)N(C(=O)Nc2cc(O[C@H]4CC[C@@H]4OC)c(C#N)cn2)CCC3)C1=C=O. The first-order valence-corrected chi connectivity index (χ1v) is 13.2. The lowest BCUT2D eigenvalue weighted by Gasteiger charge is -2.35. The van der Waals surface area contributed by atoms with Crippen LogP contribution in [0.15, 0.2) is 24.0 Å². The van der Waals surface area contributed by atoms with Crippen LogP contribution >= 0.6 is 0 Å². The first kappa shape index (κ1) is 27.3. The Morgan fingerprint density at radius 2 is 2.02 bits per heavy atom. The van der Waals surface area contributed by atoms with E-state index in [1.807, 2.05) is 16.9 Å². The number of carbonyl (C=O) groups excluding carboxylic acids is 3. The molecule has 0 radical (unpaired) electrons. The summed E-state index contributed by atoms with van der Waals surface area (Å²) in [6.45, 7) is 1.32. The predicted octanol–water partition coefficient (Wildman–Crippen LogP) is 2.64. The fourth-order valence-corrected chi connectivity index (χ4v) is 5.32. The van der Waals surface area contributed by atoms with Gasteiger partial charge in [0.15, 0.2) is 6.29 Å². The number of urea groups is 1. The summed E-state index contributed by atoms with van der Waals surface area (Å²) < 4.78 is 16.7. The van der Waals surface area contributed by atoms with Gasteiger partial charge in [0.25, 0.3) is 0 Å². The lowest BCUT2D eigenvalue weighted by molar-refractivity contribution is -0.0626. The first-order valence-electron chi connectivity index (χ1n) is 13.2. The van der Waals surface area contributed by atoms with Crippen molar-refractivity contribution in [3.63, 3.8) is 0 Å². The molecule has 208 valence electrons. The molecule has 5 rings (SSSR count). The zero-order chi connectivity index (χ0) is 28.2. The van der Waals surface area contributed by atoms with Gasteiger partial charge in [-0.1, -0.05) is 0 Å². The number of anilines is 2. The smallest absolute Gasteiger partial charge is 0.328 e. The second-order valence-corrected chi connectivity index (χ2v) is 9.93. The summed E-state index contributed by atoms with van der Waals surface area (Å²) in [5, 5.41) is 12.3. The molecular weight excluding hydrogens is 516 g/mol. The molecule has 0 spiro atoms. The van der Waals surface area contributed by atoms with E-state index >= 15 is 0 Å². The fourth-order valence-electron chi connectivity index (χ4n) is 5.32. The average Bonchev–Trinajstić information content (AvgIpc) is 3.36. The number of hydrogen-bond donors (Lipinski definition) is 1. The number of nitrogens with one attached hydrogen (secondary N) is 1. The predicted molar refractivity (Wildman–Crippen MR) is 143 cm³/mol. The highest BCUT2D eigenvalue weighted by molar-refractivity contribution is 6.01. The average molecular weight is 547 g/mol. The van der Waals surface area contributed by atoms with Gasteiger partial charge in [-0.25, -0.2) is 19.6 Å². The highest BCUT2D eigenvalue weighted by Crippen LogP contribution is 2.32. The molecule has 0 bridgehead atoms. The number of amides is 2. The van der Waals surface area contributed by atoms with Crippen LogP contribution in [-0.4, -0.2) is 78.7 Å². The number of nitriles is 1. The Hall–Kier alpha value is -4.30. The summed E-state index contributed by atoms with van der Waals surface area (Å²) in [5.74, 6) is 2.92. The lowest BCUT2D eigenvalue weighted by Crippen LogP contribution is -2.42. The number of hydrogen-bond acceptors (Lipinski definition) is 10. The van der Waals surface area contributed by atoms with Gasteiger partial charge in [-0.3, -0.25) is 15.0 Å². The van der Waals surface area contributed by atoms with Crippen molar-refractivity contribution >= 4 is 29.9 Å². The van der Waals surface area contributed by atoms with Crippen LogP contribution in [0.5, 0.6) is 5.75 Å². The topological polar surface area (TPSA) is 147 Å². The van der Waals surface area contributed by atoms with Crippen LogP contribution in [0.2, 0.25) is 0 Å². The van der Waals surface area contributed by atoms with E-state index in [4.69, 9.17) is 14.2 Å². The molecule has 12 heteroatoms. The van der Waals surface area contributed by atoms with E-state index in [1.165, 1.54) is 17.2 Å². The molecule has 2 aromatic rings. The van der Waals surface area contributed by atoms with Crippen molar-refractivity contribution in [2.45, 2.75) is 57.0 Å². The Balaban J connectivity index is 1.35. The van der Waals surface area contributed by atoms with Gasteiger partial charge in [-0.05, 0) is 43.7 Å². The number of rotatable bonds is 8. The van der Waals surface area contributed by atoms with Crippen LogP contribution in [-0.2, 0) is 27.2 Å². The van der Waals surface area contributed by atoms with Crippen LogP contribution in [0.4, 0.5) is 16.4 Å². The molecule has 4 heterocycles. The van der Waals surface area contributed by atoms with Gasteiger partial charge in [-0.15, -0.1) is 0 Å². The van der Waals surface area contributed by atoms with Gasteiger partial charge < -0.3 is 19.1 Å². The summed E-state index contributed by atoms with van der Waals surface area (Å²) in [6, 6.07) is 5.01. The molecule has 2 aliphatic heterocycles. The van der Waals surface area contributed by atoms with Crippen molar-refractivity contribution in [3.8, 4) is 11.8 Å². The minimum Gasteiger partial charge on any atom is -0.486 e. The number of carbonyl (C=O) groups is 2. The van der Waals surface area contributed by atoms with Gasteiger partial charge in [0.2, 0.25) is 0 Å². The molecule has 2 aromatic heterocycles. The first-order chi connectivity index (χ1) is 19.5. The summed E-state index contributed by atoms with van der Waals surface area (Å²) in [4.78, 5) is 49.0. The number of pyridine rings is 2. The van der Waals surface area contributed by atoms with Gasteiger partial charge in [-0.2, -0.15) is 5.26 Å². The normalized spacial score (nSPS) is 21.6. The van der Waals surface area contributed by atoms with Gasteiger partial charge in [0.1, 0.15) is 58.6 Å². The van der Waals surface area contributed by atoms with Gasteiger partial charge >= 0.3 is 6.03 Å². The maximum atomic E-state index is 13.4. The molecule has 1 N–H and O–H groups in total. The maximum absolute atomic E-state index is 13.4. The Morgan fingerprint density at radius 3 is 2.70 bits per heavy atom. The molecule has 40 heavy (non-hydrogen) atoms. The molecule has 0 unspecified atom stereocenters. The Bertz CT molecular complexity index is 1400. The maximum Gasteiger partial charge on any atom is 0.328 e. The summed E-state index contributed by atoms with van der Waals surface area (Å²) in [7, 11) is 3.17. The van der Waals surface area contributed by atoms with Crippen molar-refractivity contribution in [3.05, 3.63) is 46.4 Å². The van der Waals surface area contributed by atoms with Crippen molar-refractivity contribution in [1.29, 1.82) is 5.26 Å². The van der Waals surface area contributed by atoms with Gasteiger partial charge in [0, 0.05) is 45.5 Å². The third-order valence-corrected chi connectivity index (χ3v) is 7.64. The van der Waals surface area contributed by atoms with Crippen molar-refractivity contribution in [1.82, 2.24) is 14.9 Å². The summed E-state index contributed by atoms with van der Waals surface area (Å²) in [6.07, 6.45) is 5.22. The Labute approximate surface area is 231 Å². The van der Waals surface area contributed by atoms with E-state index < -0.39 is 6.03 Å². The number of methoxy groups -OCH3 is 2. The second kappa shape index (κ2) is 11.8. The molecule has 2 amide bonds. The van der Waals surface area contributed by atoms with E-state index in [-0.39, 0.29) is 35.4 Å². The van der Waals surface area contributed by atoms with Crippen molar-refractivity contribution < 1.29 is 28.6 Å². The van der Waals surface area contributed by atoms with E-state index in [9.17, 15) is 19.6 Å². The zero-order valence-corrected chi connectivity index (χ0v) is 22.4. The second-order valence-electron chi connectivity index (χ2n) is 9.93. The molecule has 3 aliphatic rings. The van der Waals surface area contributed by atoms with Crippen LogP contribution in [0.1, 0.15) is 52.9 Å². The van der Waals surface area contributed by atoms with E-state index in [0.717, 1.165) is 18.4 Å². The minimum absolute atomic E-state index is 0.0431. The van der Waals surface area contributed by atoms with E-state index in [1.54, 1.807) is 14.2 Å². The molecule has 1 aliphatic carbocycles. The lowest BCUT2D eigenvalue weighted by atomic mass is 9.92. The van der Waals surface area contributed by atoms with E-state index in [2.05, 4.69) is 21.4 Å². The van der Waals surface area contributed by atoms with Crippen molar-refractivity contribution in [2.75, 3.05) is 37.5 Å². The molecule has 1 saturated heterocycles. The summed E-state index contributed by atoms with van der Waals surface area (Å²) >= 11 is 0. The Kier molecular flexibility index (Phi) is 8.07. The fraction of sp³-hybridized carbons (Fsp3) is 0.464.